The first kappa shape index (κ1) is 13.0. The summed E-state index contributed by atoms with van der Waals surface area (Å²) < 4.78 is 25.9. The summed E-state index contributed by atoms with van der Waals surface area (Å²) in [4.78, 5) is 19.8. The van der Waals surface area contributed by atoms with Crippen molar-refractivity contribution in [3.63, 3.8) is 0 Å². The Morgan fingerprint density at radius 2 is 2.17 bits per heavy atom. The molecule has 100 valence electrons. The molecule has 1 aliphatic heterocycles. The Morgan fingerprint density at radius 3 is 2.72 bits per heavy atom. The first-order chi connectivity index (χ1) is 8.49. The molecule has 1 aromatic rings. The Bertz CT molecular complexity index is 531. The Labute approximate surface area is 106 Å². The number of nitrogens with one attached hydrogen (secondary N) is 2. The predicted molar refractivity (Wildman–Crippen MR) is 64.3 cm³/mol. The number of imidazole rings is 1. The van der Waals surface area contributed by atoms with Gasteiger partial charge in [-0.3, -0.25) is 4.79 Å². The molecule has 0 spiro atoms. The fraction of sp³-hybridized carbons (Fsp3) is 0.600. The second kappa shape index (κ2) is 5.07. The van der Waals surface area contributed by atoms with Crippen molar-refractivity contribution in [2.24, 2.45) is 0 Å². The molecule has 1 amide bonds. The molecule has 0 aromatic carbocycles. The van der Waals surface area contributed by atoms with E-state index in [0.29, 0.717) is 18.9 Å². The van der Waals surface area contributed by atoms with Crippen LogP contribution in [-0.4, -0.2) is 48.8 Å². The van der Waals surface area contributed by atoms with Crippen LogP contribution in [0.25, 0.3) is 0 Å². The molecule has 2 heterocycles. The highest BCUT2D eigenvalue weighted by Gasteiger charge is 2.21. The van der Waals surface area contributed by atoms with E-state index in [1.54, 1.807) is 11.8 Å². The number of nitrogens with zero attached hydrogens (tertiary/aromatic N) is 2. The Balaban J connectivity index is 1.95. The lowest BCUT2D eigenvalue weighted by Crippen LogP contribution is -2.38. The lowest BCUT2D eigenvalue weighted by molar-refractivity contribution is -0.128. The minimum atomic E-state index is -3.68. The Morgan fingerprint density at radius 1 is 1.50 bits per heavy atom. The zero-order valence-electron chi connectivity index (χ0n) is 10.1. The first-order valence-corrected chi connectivity index (χ1v) is 7.26. The van der Waals surface area contributed by atoms with Gasteiger partial charge in [0.15, 0.2) is 5.03 Å². The molecular formula is C10H16N4O3S. The molecule has 18 heavy (non-hydrogen) atoms. The van der Waals surface area contributed by atoms with Gasteiger partial charge in [0.05, 0.1) is 12.7 Å². The van der Waals surface area contributed by atoms with Crippen molar-refractivity contribution in [1.82, 2.24) is 19.6 Å². The number of amides is 1. The summed E-state index contributed by atoms with van der Waals surface area (Å²) in [5.41, 5.74) is 0. The molecule has 0 radical (unpaired) electrons. The van der Waals surface area contributed by atoms with Crippen molar-refractivity contribution in [3.05, 3.63) is 12.0 Å². The van der Waals surface area contributed by atoms with Gasteiger partial charge < -0.3 is 9.88 Å². The summed E-state index contributed by atoms with van der Waals surface area (Å²) in [7, 11) is -3.68. The van der Waals surface area contributed by atoms with E-state index < -0.39 is 10.0 Å². The number of H-pyrrole nitrogens is 1. The number of likely N-dealkylation sites (tertiary alicyclic amines) is 1. The van der Waals surface area contributed by atoms with Crippen LogP contribution in [0.1, 0.15) is 18.7 Å². The number of carbonyl (C=O) groups excluding carboxylic acids is 1. The molecule has 2 rings (SSSR count). The minimum absolute atomic E-state index is 0.0192. The van der Waals surface area contributed by atoms with E-state index in [4.69, 9.17) is 0 Å². The molecule has 1 saturated heterocycles. The van der Waals surface area contributed by atoms with Crippen LogP contribution in [-0.2, 0) is 14.8 Å². The average Bonchev–Trinajstić information content (AvgIpc) is 2.96. The maximum Gasteiger partial charge on any atom is 0.258 e. The van der Waals surface area contributed by atoms with Gasteiger partial charge in [-0.05, 0) is 19.8 Å². The van der Waals surface area contributed by atoms with Crippen LogP contribution >= 0.6 is 0 Å². The molecule has 1 aliphatic rings. The van der Waals surface area contributed by atoms with E-state index >= 15 is 0 Å². The van der Waals surface area contributed by atoms with Crippen LogP contribution in [0.5, 0.6) is 0 Å². The number of rotatable bonds is 4. The first-order valence-electron chi connectivity index (χ1n) is 5.78. The van der Waals surface area contributed by atoms with Crippen LogP contribution in [0.15, 0.2) is 11.2 Å². The second-order valence-corrected chi connectivity index (χ2v) is 5.98. The van der Waals surface area contributed by atoms with Crippen LogP contribution in [0.3, 0.4) is 0 Å². The number of hydrogen-bond donors (Lipinski definition) is 2. The number of aromatic amines is 1. The van der Waals surface area contributed by atoms with Crippen LogP contribution in [0, 0.1) is 6.92 Å². The highest BCUT2D eigenvalue weighted by Crippen LogP contribution is 2.08. The van der Waals surface area contributed by atoms with E-state index in [-0.39, 0.29) is 17.5 Å². The molecule has 0 atom stereocenters. The highest BCUT2D eigenvalue weighted by atomic mass is 32.2. The van der Waals surface area contributed by atoms with Crippen molar-refractivity contribution in [2.45, 2.75) is 24.8 Å². The molecule has 2 N–H and O–H groups in total. The molecule has 0 unspecified atom stereocenters. The molecule has 0 saturated carbocycles. The number of hydrogen-bond acceptors (Lipinski definition) is 4. The number of sulfonamides is 1. The normalized spacial score (nSPS) is 16.2. The van der Waals surface area contributed by atoms with Gasteiger partial charge in [-0.1, -0.05) is 0 Å². The third kappa shape index (κ3) is 2.88. The second-order valence-electron chi connectivity index (χ2n) is 4.25. The van der Waals surface area contributed by atoms with Crippen molar-refractivity contribution >= 4 is 15.9 Å². The standard InChI is InChI=1S/C10H16N4O3S/c1-8-11-6-9(13-8)18(16,17)12-7-10(15)14-4-2-3-5-14/h6,12H,2-5,7H2,1H3,(H,11,13). The quantitative estimate of drug-likeness (QED) is 0.781. The lowest BCUT2D eigenvalue weighted by atomic mass is 10.4. The summed E-state index contributed by atoms with van der Waals surface area (Å²) in [6, 6.07) is 0. The zero-order chi connectivity index (χ0) is 13.2. The van der Waals surface area contributed by atoms with Gasteiger partial charge in [-0.2, -0.15) is 0 Å². The van der Waals surface area contributed by atoms with E-state index in [0.717, 1.165) is 12.8 Å². The third-order valence-electron chi connectivity index (χ3n) is 2.84. The molecule has 7 nitrogen and oxygen atoms in total. The molecule has 8 heteroatoms. The van der Waals surface area contributed by atoms with Gasteiger partial charge >= 0.3 is 0 Å². The number of aromatic nitrogens is 2. The van der Waals surface area contributed by atoms with Crippen LogP contribution in [0.4, 0.5) is 0 Å². The summed E-state index contributed by atoms with van der Waals surface area (Å²) in [6.07, 6.45) is 3.20. The number of carbonyl (C=O) groups is 1. The fourth-order valence-electron chi connectivity index (χ4n) is 1.85. The van der Waals surface area contributed by atoms with Crippen molar-refractivity contribution in [1.29, 1.82) is 0 Å². The lowest BCUT2D eigenvalue weighted by Gasteiger charge is -2.15. The van der Waals surface area contributed by atoms with Gasteiger partial charge in [0.1, 0.15) is 5.82 Å². The van der Waals surface area contributed by atoms with E-state index in [2.05, 4.69) is 14.7 Å². The predicted octanol–water partition coefficient (Wildman–Crippen LogP) is -0.381. The maximum atomic E-state index is 11.8. The van der Waals surface area contributed by atoms with Crippen LogP contribution < -0.4 is 4.72 Å². The van der Waals surface area contributed by atoms with E-state index in [9.17, 15) is 13.2 Å². The average molecular weight is 272 g/mol. The summed E-state index contributed by atoms with van der Waals surface area (Å²) in [5, 5.41) is -0.0192. The minimum Gasteiger partial charge on any atom is -0.342 e. The SMILES string of the molecule is Cc1ncc(S(=O)(=O)NCC(=O)N2CCCC2)[nH]1. The Hall–Kier alpha value is -1.41. The summed E-state index contributed by atoms with van der Waals surface area (Å²) in [5.74, 6) is 0.327. The highest BCUT2D eigenvalue weighted by molar-refractivity contribution is 7.89. The van der Waals surface area contributed by atoms with Gasteiger partial charge in [0.25, 0.3) is 10.0 Å². The molecule has 0 aliphatic carbocycles. The topological polar surface area (TPSA) is 95.2 Å². The zero-order valence-corrected chi connectivity index (χ0v) is 11.0. The van der Waals surface area contributed by atoms with Gasteiger partial charge in [-0.15, -0.1) is 0 Å². The third-order valence-corrected chi connectivity index (χ3v) is 4.15. The van der Waals surface area contributed by atoms with Crippen LogP contribution in [0.2, 0.25) is 0 Å². The van der Waals surface area contributed by atoms with Crippen molar-refractivity contribution in [3.8, 4) is 0 Å². The fourth-order valence-corrected chi connectivity index (χ4v) is 2.79. The summed E-state index contributed by atoms with van der Waals surface area (Å²) >= 11 is 0. The van der Waals surface area contributed by atoms with Crippen molar-refractivity contribution < 1.29 is 13.2 Å². The summed E-state index contributed by atoms with van der Waals surface area (Å²) in [6.45, 7) is 2.88. The molecule has 0 bridgehead atoms. The van der Waals surface area contributed by atoms with Gasteiger partial charge in [-0.25, -0.2) is 18.1 Å². The Kier molecular flexibility index (Phi) is 3.67. The monoisotopic (exact) mass is 272 g/mol. The smallest absolute Gasteiger partial charge is 0.258 e. The molecule has 1 fully saturated rings. The van der Waals surface area contributed by atoms with Crippen molar-refractivity contribution in [2.75, 3.05) is 19.6 Å². The van der Waals surface area contributed by atoms with Gasteiger partial charge in [0, 0.05) is 13.1 Å². The maximum absolute atomic E-state index is 11.8. The largest absolute Gasteiger partial charge is 0.342 e. The van der Waals surface area contributed by atoms with E-state index in [1.807, 2.05) is 0 Å². The molecule has 1 aromatic heterocycles. The van der Waals surface area contributed by atoms with Gasteiger partial charge in [0.2, 0.25) is 5.91 Å². The number of aryl methyl sites for hydroxylation is 1. The molecular weight excluding hydrogens is 256 g/mol. The van der Waals surface area contributed by atoms with E-state index in [1.165, 1.54) is 6.20 Å².